The summed E-state index contributed by atoms with van der Waals surface area (Å²) in [6, 6.07) is 8.05. The predicted octanol–water partition coefficient (Wildman–Crippen LogP) is 2.83. The summed E-state index contributed by atoms with van der Waals surface area (Å²) in [6.07, 6.45) is 0. The zero-order valence-electron chi connectivity index (χ0n) is 13.3. The second kappa shape index (κ2) is 8.85. The minimum atomic E-state index is -0.0391. The molecule has 1 heterocycles. The number of hydrogen-bond acceptors (Lipinski definition) is 7. The van der Waals surface area contributed by atoms with Gasteiger partial charge in [-0.3, -0.25) is 4.79 Å². The molecule has 0 aliphatic rings. The van der Waals surface area contributed by atoms with Crippen molar-refractivity contribution in [2.45, 2.75) is 24.2 Å². The minimum Gasteiger partial charge on any atom is -0.383 e. The molecule has 0 spiro atoms. The Morgan fingerprint density at radius 1 is 1.35 bits per heavy atom. The Morgan fingerprint density at radius 3 is 2.78 bits per heavy atom. The predicted molar refractivity (Wildman–Crippen MR) is 94.6 cm³/mol. The van der Waals surface area contributed by atoms with E-state index in [0.29, 0.717) is 17.5 Å². The van der Waals surface area contributed by atoms with Gasteiger partial charge in [0.05, 0.1) is 12.4 Å². The Bertz CT molecular complexity index is 631. The lowest BCUT2D eigenvalue weighted by molar-refractivity contribution is -0.119. The van der Waals surface area contributed by atoms with Crippen molar-refractivity contribution in [3.05, 3.63) is 29.8 Å². The number of carbonyl (C=O) groups is 1. The zero-order chi connectivity index (χ0) is 16.7. The average Bonchev–Trinajstić information content (AvgIpc) is 2.95. The number of hydrogen-bond donors (Lipinski definition) is 2. The first kappa shape index (κ1) is 17.7. The van der Waals surface area contributed by atoms with E-state index < -0.39 is 0 Å². The van der Waals surface area contributed by atoms with Crippen molar-refractivity contribution in [2.75, 3.05) is 24.8 Å². The van der Waals surface area contributed by atoms with Crippen molar-refractivity contribution in [3.63, 3.8) is 0 Å². The van der Waals surface area contributed by atoms with E-state index >= 15 is 0 Å². The summed E-state index contributed by atoms with van der Waals surface area (Å²) in [7, 11) is 1.61. The van der Waals surface area contributed by atoms with E-state index in [2.05, 4.69) is 20.8 Å². The summed E-state index contributed by atoms with van der Waals surface area (Å²) in [5, 5.41) is 14.9. The topological polar surface area (TPSA) is 76.1 Å². The van der Waals surface area contributed by atoms with Gasteiger partial charge in [-0.1, -0.05) is 40.8 Å². The summed E-state index contributed by atoms with van der Waals surface area (Å²) in [6.45, 7) is 4.45. The maximum atomic E-state index is 11.8. The Balaban J connectivity index is 1.80. The number of rotatable bonds is 8. The van der Waals surface area contributed by atoms with Gasteiger partial charge in [0, 0.05) is 18.8 Å². The SMILES string of the molecule is COCC(C)NC(=O)CSc1nnc(Nc2ccc(C)cc2)s1. The zero-order valence-corrected chi connectivity index (χ0v) is 15.0. The second-order valence-corrected chi connectivity index (χ2v) is 7.28. The molecule has 2 rings (SSSR count). The molecule has 0 fully saturated rings. The number of carbonyl (C=O) groups excluding carboxylic acids is 1. The molecule has 1 amide bonds. The first-order valence-electron chi connectivity index (χ1n) is 7.15. The Labute approximate surface area is 144 Å². The monoisotopic (exact) mass is 352 g/mol. The number of ether oxygens (including phenoxy) is 1. The molecule has 23 heavy (non-hydrogen) atoms. The lowest BCUT2D eigenvalue weighted by atomic mass is 10.2. The van der Waals surface area contributed by atoms with Crippen molar-refractivity contribution in [3.8, 4) is 0 Å². The Morgan fingerprint density at radius 2 is 2.09 bits per heavy atom. The summed E-state index contributed by atoms with van der Waals surface area (Å²) >= 11 is 2.80. The number of methoxy groups -OCH3 is 1. The fourth-order valence-electron chi connectivity index (χ4n) is 1.81. The molecule has 0 aliphatic carbocycles. The highest BCUT2D eigenvalue weighted by Crippen LogP contribution is 2.27. The Hall–Kier alpha value is -1.64. The number of benzene rings is 1. The molecule has 0 bridgehead atoms. The molecule has 6 nitrogen and oxygen atoms in total. The molecule has 2 N–H and O–H groups in total. The second-order valence-electron chi connectivity index (χ2n) is 5.08. The molecule has 8 heteroatoms. The van der Waals surface area contributed by atoms with Crippen molar-refractivity contribution >= 4 is 39.8 Å². The van der Waals surface area contributed by atoms with Crippen molar-refractivity contribution < 1.29 is 9.53 Å². The number of anilines is 2. The van der Waals surface area contributed by atoms with Crippen LogP contribution in [-0.2, 0) is 9.53 Å². The van der Waals surface area contributed by atoms with Gasteiger partial charge in [-0.15, -0.1) is 10.2 Å². The molecule has 1 aromatic heterocycles. The molecule has 0 saturated carbocycles. The van der Waals surface area contributed by atoms with Crippen LogP contribution < -0.4 is 10.6 Å². The van der Waals surface area contributed by atoms with E-state index in [0.717, 1.165) is 10.0 Å². The van der Waals surface area contributed by atoms with Crippen LogP contribution in [0, 0.1) is 6.92 Å². The van der Waals surface area contributed by atoms with Crippen molar-refractivity contribution in [1.82, 2.24) is 15.5 Å². The van der Waals surface area contributed by atoms with E-state index in [4.69, 9.17) is 4.74 Å². The van der Waals surface area contributed by atoms with E-state index in [-0.39, 0.29) is 11.9 Å². The lowest BCUT2D eigenvalue weighted by Crippen LogP contribution is -2.36. The molecular weight excluding hydrogens is 332 g/mol. The van der Waals surface area contributed by atoms with Gasteiger partial charge >= 0.3 is 0 Å². The van der Waals surface area contributed by atoms with Crippen molar-refractivity contribution in [2.24, 2.45) is 0 Å². The summed E-state index contributed by atoms with van der Waals surface area (Å²) in [5.41, 5.74) is 2.17. The highest BCUT2D eigenvalue weighted by Gasteiger charge is 2.10. The third-order valence-electron chi connectivity index (χ3n) is 2.86. The number of nitrogens with one attached hydrogen (secondary N) is 2. The number of aromatic nitrogens is 2. The summed E-state index contributed by atoms with van der Waals surface area (Å²) in [4.78, 5) is 11.8. The Kier molecular flexibility index (Phi) is 6.82. The van der Waals surface area contributed by atoms with Gasteiger partial charge in [0.25, 0.3) is 0 Å². The number of thioether (sulfide) groups is 1. The van der Waals surface area contributed by atoms with Crippen LogP contribution in [0.3, 0.4) is 0 Å². The minimum absolute atomic E-state index is 0.00119. The van der Waals surface area contributed by atoms with Gasteiger partial charge in [0.1, 0.15) is 0 Å². The first-order chi connectivity index (χ1) is 11.1. The molecular formula is C15H20N4O2S2. The third-order valence-corrected chi connectivity index (χ3v) is 4.83. The van der Waals surface area contributed by atoms with E-state index in [1.807, 2.05) is 38.1 Å². The molecule has 0 radical (unpaired) electrons. The van der Waals surface area contributed by atoms with Crippen LogP contribution in [0.25, 0.3) is 0 Å². The fourth-order valence-corrected chi connectivity index (χ4v) is 3.40. The maximum absolute atomic E-state index is 11.8. The number of aryl methyl sites for hydroxylation is 1. The van der Waals surface area contributed by atoms with Crippen LogP contribution in [0.5, 0.6) is 0 Å². The van der Waals surface area contributed by atoms with Gasteiger partial charge < -0.3 is 15.4 Å². The number of amides is 1. The smallest absolute Gasteiger partial charge is 0.230 e. The highest BCUT2D eigenvalue weighted by atomic mass is 32.2. The molecule has 124 valence electrons. The van der Waals surface area contributed by atoms with E-state index in [9.17, 15) is 4.79 Å². The molecule has 0 saturated heterocycles. The quantitative estimate of drug-likeness (QED) is 0.712. The van der Waals surface area contributed by atoms with Crippen LogP contribution >= 0.6 is 23.1 Å². The van der Waals surface area contributed by atoms with Gasteiger partial charge in [-0.25, -0.2) is 0 Å². The maximum Gasteiger partial charge on any atom is 0.230 e. The molecule has 2 aromatic rings. The normalized spacial score (nSPS) is 12.0. The average molecular weight is 352 g/mol. The molecule has 1 aromatic carbocycles. The summed E-state index contributed by atoms with van der Waals surface area (Å²) < 4.78 is 5.74. The van der Waals surface area contributed by atoms with E-state index in [1.54, 1.807) is 7.11 Å². The van der Waals surface area contributed by atoms with Crippen LogP contribution in [0.4, 0.5) is 10.8 Å². The van der Waals surface area contributed by atoms with Gasteiger partial charge in [0.2, 0.25) is 11.0 Å². The van der Waals surface area contributed by atoms with Crippen LogP contribution in [0.2, 0.25) is 0 Å². The third kappa shape index (κ3) is 6.17. The van der Waals surface area contributed by atoms with Crippen LogP contribution in [0.1, 0.15) is 12.5 Å². The van der Waals surface area contributed by atoms with E-state index in [1.165, 1.54) is 28.7 Å². The lowest BCUT2D eigenvalue weighted by Gasteiger charge is -2.11. The van der Waals surface area contributed by atoms with Crippen LogP contribution in [0.15, 0.2) is 28.6 Å². The highest BCUT2D eigenvalue weighted by molar-refractivity contribution is 8.01. The summed E-state index contributed by atoms with van der Waals surface area (Å²) in [5.74, 6) is 0.274. The largest absolute Gasteiger partial charge is 0.383 e. The van der Waals surface area contributed by atoms with Crippen LogP contribution in [-0.4, -0.2) is 41.6 Å². The number of nitrogens with zero attached hydrogens (tertiary/aromatic N) is 2. The fraction of sp³-hybridized carbons (Fsp3) is 0.400. The first-order valence-corrected chi connectivity index (χ1v) is 8.95. The molecule has 1 unspecified atom stereocenters. The van der Waals surface area contributed by atoms with Gasteiger partial charge in [-0.2, -0.15) is 0 Å². The molecule has 1 atom stereocenters. The molecule has 0 aliphatic heterocycles. The van der Waals surface area contributed by atoms with Gasteiger partial charge in [0.15, 0.2) is 4.34 Å². The van der Waals surface area contributed by atoms with Gasteiger partial charge in [-0.05, 0) is 26.0 Å². The van der Waals surface area contributed by atoms with Crippen molar-refractivity contribution in [1.29, 1.82) is 0 Å². The standard InChI is InChI=1S/C15H20N4O2S2/c1-10-4-6-12(7-5-10)17-14-18-19-15(23-14)22-9-13(20)16-11(2)8-21-3/h4-7,11H,8-9H2,1-3H3,(H,16,20)(H,17,18).